The number of benzene rings is 2. The van der Waals surface area contributed by atoms with Crippen molar-refractivity contribution in [3.8, 4) is 5.75 Å². The van der Waals surface area contributed by atoms with Crippen molar-refractivity contribution < 1.29 is 4.74 Å². The van der Waals surface area contributed by atoms with E-state index in [2.05, 4.69) is 60.5 Å². The van der Waals surface area contributed by atoms with Gasteiger partial charge in [0.1, 0.15) is 12.4 Å². The van der Waals surface area contributed by atoms with Gasteiger partial charge in [-0.25, -0.2) is 0 Å². The van der Waals surface area contributed by atoms with Gasteiger partial charge >= 0.3 is 0 Å². The molecule has 2 aromatic carbocycles. The molecule has 2 aliphatic rings. The summed E-state index contributed by atoms with van der Waals surface area (Å²) in [5.41, 5.74) is 5.23. The maximum Gasteiger partial charge on any atom is 0.125 e. The Morgan fingerprint density at radius 1 is 1.04 bits per heavy atom. The first-order valence-corrected chi connectivity index (χ1v) is 10.4. The van der Waals surface area contributed by atoms with Gasteiger partial charge in [0.15, 0.2) is 0 Å². The van der Waals surface area contributed by atoms with E-state index in [1.54, 1.807) is 0 Å². The minimum atomic E-state index is 0.571. The van der Waals surface area contributed by atoms with Gasteiger partial charge in [0, 0.05) is 32.2 Å². The van der Waals surface area contributed by atoms with Crippen LogP contribution in [0.1, 0.15) is 47.6 Å². The van der Waals surface area contributed by atoms with Gasteiger partial charge in [-0.05, 0) is 54.9 Å². The van der Waals surface area contributed by atoms with Crippen LogP contribution in [0.3, 0.4) is 0 Å². The molecule has 1 saturated heterocycles. The molecule has 0 radical (unpaired) electrons. The molecule has 4 rings (SSSR count). The number of nitrogens with zero attached hydrogens (tertiary/aromatic N) is 1. The molecule has 1 saturated carbocycles. The third-order valence-corrected chi connectivity index (χ3v) is 6.19. The Kier molecular flexibility index (Phi) is 5.80. The van der Waals surface area contributed by atoms with Crippen LogP contribution in [0.4, 0.5) is 0 Å². The molecule has 1 aliphatic heterocycles. The van der Waals surface area contributed by atoms with Crippen molar-refractivity contribution in [3.05, 3.63) is 64.7 Å². The molecule has 144 valence electrons. The molecule has 2 aromatic rings. The standard InChI is InChI=1S/C24H32N2O/c1-18-15-22(23(21-9-6-10-21)26-13-11-25-12-14-26)16-19(2)24(18)27-17-20-7-4-3-5-8-20/h3-5,7-8,15-16,21,23,25H,6,9-14,17H2,1-2H3/t23-/m1/s1. The van der Waals surface area contributed by atoms with E-state index in [0.29, 0.717) is 12.6 Å². The highest BCUT2D eigenvalue weighted by Crippen LogP contribution is 2.43. The molecular formula is C24H32N2O. The second kappa shape index (κ2) is 8.45. The van der Waals surface area contributed by atoms with Crippen LogP contribution in [0, 0.1) is 19.8 Å². The highest BCUT2D eigenvalue weighted by atomic mass is 16.5. The number of hydrogen-bond acceptors (Lipinski definition) is 3. The summed E-state index contributed by atoms with van der Waals surface area (Å²) in [6.07, 6.45) is 4.14. The zero-order valence-corrected chi connectivity index (χ0v) is 16.7. The van der Waals surface area contributed by atoms with E-state index in [1.165, 1.54) is 41.5 Å². The minimum absolute atomic E-state index is 0.571. The van der Waals surface area contributed by atoms with Gasteiger partial charge < -0.3 is 10.1 Å². The number of ether oxygens (including phenoxy) is 1. The molecule has 27 heavy (non-hydrogen) atoms. The monoisotopic (exact) mass is 364 g/mol. The van der Waals surface area contributed by atoms with Crippen molar-refractivity contribution in [2.24, 2.45) is 5.92 Å². The summed E-state index contributed by atoms with van der Waals surface area (Å²) in [6, 6.07) is 15.8. The zero-order chi connectivity index (χ0) is 18.6. The summed E-state index contributed by atoms with van der Waals surface area (Å²) in [5, 5.41) is 3.50. The lowest BCUT2D eigenvalue weighted by atomic mass is 9.75. The molecule has 3 nitrogen and oxygen atoms in total. The average molecular weight is 365 g/mol. The fraction of sp³-hybridized carbons (Fsp3) is 0.500. The Bertz CT molecular complexity index is 725. The van der Waals surface area contributed by atoms with Crippen molar-refractivity contribution in [2.75, 3.05) is 26.2 Å². The van der Waals surface area contributed by atoms with Gasteiger partial charge in [-0.3, -0.25) is 4.90 Å². The molecule has 1 aliphatic carbocycles. The van der Waals surface area contributed by atoms with Crippen LogP contribution < -0.4 is 10.1 Å². The Morgan fingerprint density at radius 3 is 2.30 bits per heavy atom. The van der Waals surface area contributed by atoms with Crippen molar-refractivity contribution in [2.45, 2.75) is 45.8 Å². The molecule has 1 N–H and O–H groups in total. The van der Waals surface area contributed by atoms with Crippen LogP contribution in [-0.2, 0) is 6.61 Å². The summed E-state index contributed by atoms with van der Waals surface area (Å²) < 4.78 is 6.21. The second-order valence-corrected chi connectivity index (χ2v) is 8.18. The second-order valence-electron chi connectivity index (χ2n) is 8.18. The van der Waals surface area contributed by atoms with Gasteiger partial charge in [0.2, 0.25) is 0 Å². The van der Waals surface area contributed by atoms with Crippen molar-refractivity contribution in [1.29, 1.82) is 0 Å². The van der Waals surface area contributed by atoms with Crippen LogP contribution in [0.25, 0.3) is 0 Å². The molecule has 0 unspecified atom stereocenters. The van der Waals surface area contributed by atoms with Gasteiger partial charge in [0.05, 0.1) is 0 Å². The SMILES string of the molecule is Cc1cc([C@@H](C2CCC2)N2CCNCC2)cc(C)c1OCc1ccccc1. The van der Waals surface area contributed by atoms with E-state index < -0.39 is 0 Å². The molecule has 0 spiro atoms. The van der Waals surface area contributed by atoms with E-state index in [1.807, 2.05) is 6.07 Å². The van der Waals surface area contributed by atoms with Crippen molar-refractivity contribution in [3.63, 3.8) is 0 Å². The quantitative estimate of drug-likeness (QED) is 0.809. The topological polar surface area (TPSA) is 24.5 Å². The number of aryl methyl sites for hydroxylation is 2. The average Bonchev–Trinajstić information content (AvgIpc) is 2.65. The molecule has 1 heterocycles. The lowest BCUT2D eigenvalue weighted by Crippen LogP contribution is -2.47. The number of nitrogens with one attached hydrogen (secondary N) is 1. The van der Waals surface area contributed by atoms with Gasteiger partial charge in [-0.2, -0.15) is 0 Å². The van der Waals surface area contributed by atoms with E-state index in [4.69, 9.17) is 4.74 Å². The predicted molar refractivity (Wildman–Crippen MR) is 111 cm³/mol. The Hall–Kier alpha value is -1.84. The van der Waals surface area contributed by atoms with Crippen molar-refractivity contribution >= 4 is 0 Å². The van der Waals surface area contributed by atoms with E-state index in [9.17, 15) is 0 Å². The minimum Gasteiger partial charge on any atom is -0.488 e. The van der Waals surface area contributed by atoms with Gasteiger partial charge in [-0.15, -0.1) is 0 Å². The normalized spacial score (nSPS) is 19.5. The zero-order valence-electron chi connectivity index (χ0n) is 16.7. The summed E-state index contributed by atoms with van der Waals surface area (Å²) in [4.78, 5) is 2.71. The highest BCUT2D eigenvalue weighted by molar-refractivity contribution is 5.44. The summed E-state index contributed by atoms with van der Waals surface area (Å²) in [7, 11) is 0. The molecule has 3 heteroatoms. The largest absolute Gasteiger partial charge is 0.488 e. The summed E-state index contributed by atoms with van der Waals surface area (Å²) >= 11 is 0. The third kappa shape index (κ3) is 4.20. The lowest BCUT2D eigenvalue weighted by Gasteiger charge is -2.43. The molecule has 0 bridgehead atoms. The Morgan fingerprint density at radius 2 is 1.70 bits per heavy atom. The number of piperazine rings is 1. The van der Waals surface area contributed by atoms with Gasteiger partial charge in [-0.1, -0.05) is 48.9 Å². The van der Waals surface area contributed by atoms with E-state index >= 15 is 0 Å². The van der Waals surface area contributed by atoms with Crippen LogP contribution >= 0.6 is 0 Å². The number of rotatable bonds is 6. The summed E-state index contributed by atoms with van der Waals surface area (Å²) in [6.45, 7) is 9.57. The Labute approximate surface area is 163 Å². The molecule has 0 aromatic heterocycles. The Balaban J connectivity index is 1.55. The molecule has 0 amide bonds. The summed E-state index contributed by atoms with van der Waals surface area (Å²) in [5.74, 6) is 1.87. The smallest absolute Gasteiger partial charge is 0.125 e. The van der Waals surface area contributed by atoms with Crippen LogP contribution in [0.2, 0.25) is 0 Å². The third-order valence-electron chi connectivity index (χ3n) is 6.19. The first kappa shape index (κ1) is 18.5. The molecule has 1 atom stereocenters. The van der Waals surface area contributed by atoms with E-state index in [0.717, 1.165) is 37.8 Å². The molecule has 2 fully saturated rings. The lowest BCUT2D eigenvalue weighted by molar-refractivity contribution is 0.0836. The van der Waals surface area contributed by atoms with Gasteiger partial charge in [0.25, 0.3) is 0 Å². The molecular weight excluding hydrogens is 332 g/mol. The van der Waals surface area contributed by atoms with Crippen LogP contribution in [-0.4, -0.2) is 31.1 Å². The predicted octanol–water partition coefficient (Wildman–Crippen LogP) is 4.63. The highest BCUT2D eigenvalue weighted by Gasteiger charge is 2.34. The van der Waals surface area contributed by atoms with Crippen molar-refractivity contribution in [1.82, 2.24) is 10.2 Å². The van der Waals surface area contributed by atoms with Crippen LogP contribution in [0.15, 0.2) is 42.5 Å². The number of hydrogen-bond donors (Lipinski definition) is 1. The fourth-order valence-corrected chi connectivity index (χ4v) is 4.61. The van der Waals surface area contributed by atoms with E-state index in [-0.39, 0.29) is 0 Å². The maximum atomic E-state index is 6.21. The van der Waals surface area contributed by atoms with Crippen LogP contribution in [0.5, 0.6) is 5.75 Å². The first-order valence-electron chi connectivity index (χ1n) is 10.4. The fourth-order valence-electron chi connectivity index (χ4n) is 4.61. The first-order chi connectivity index (χ1) is 13.2. The maximum absolute atomic E-state index is 6.21.